The monoisotopic (exact) mass is 409 g/mol. The molecule has 29 heavy (non-hydrogen) atoms. The van der Waals surface area contributed by atoms with Gasteiger partial charge in [-0.3, -0.25) is 4.79 Å². The SMILES string of the molecule is CC(=O)OC1C(F)CC2C1(C)CC=C1C=C3CC(O)CCC3CC[C@@]12O.CNC. The summed E-state index contributed by atoms with van der Waals surface area (Å²) in [7, 11) is 3.75. The molecule has 0 spiro atoms. The Kier molecular flexibility index (Phi) is 6.56. The maximum atomic E-state index is 14.8. The predicted octanol–water partition coefficient (Wildman–Crippen LogP) is 3.06. The van der Waals surface area contributed by atoms with Crippen molar-refractivity contribution in [3.05, 3.63) is 23.3 Å². The number of ether oxygens (including phenoxy) is 1. The van der Waals surface area contributed by atoms with Crippen LogP contribution in [0.2, 0.25) is 0 Å². The van der Waals surface area contributed by atoms with Gasteiger partial charge < -0.3 is 20.3 Å². The third-order valence-corrected chi connectivity index (χ3v) is 7.43. The number of aliphatic hydroxyl groups is 2. The minimum absolute atomic E-state index is 0.221. The highest BCUT2D eigenvalue weighted by atomic mass is 19.1. The molecule has 0 aromatic heterocycles. The van der Waals surface area contributed by atoms with E-state index in [1.54, 1.807) is 0 Å². The molecule has 0 amide bonds. The molecular formula is C23H36FNO4. The van der Waals surface area contributed by atoms with Crippen molar-refractivity contribution >= 4 is 5.97 Å². The van der Waals surface area contributed by atoms with Crippen molar-refractivity contribution in [2.75, 3.05) is 14.1 Å². The number of halogens is 1. The van der Waals surface area contributed by atoms with Crippen LogP contribution in [-0.4, -0.2) is 54.3 Å². The first-order chi connectivity index (χ1) is 13.7. The molecule has 0 radical (unpaired) electrons. The average Bonchev–Trinajstić information content (AvgIpc) is 2.81. The van der Waals surface area contributed by atoms with Gasteiger partial charge in [0.25, 0.3) is 0 Å². The number of hydrogen-bond donors (Lipinski definition) is 3. The summed E-state index contributed by atoms with van der Waals surface area (Å²) in [5, 5.41) is 24.5. The van der Waals surface area contributed by atoms with Crippen LogP contribution in [0.1, 0.15) is 58.8 Å². The molecule has 6 unspecified atom stereocenters. The molecule has 5 nitrogen and oxygen atoms in total. The lowest BCUT2D eigenvalue weighted by Gasteiger charge is -2.48. The van der Waals surface area contributed by atoms with Gasteiger partial charge in [0.2, 0.25) is 0 Å². The maximum Gasteiger partial charge on any atom is 0.303 e. The molecule has 0 bridgehead atoms. The highest BCUT2D eigenvalue weighted by molar-refractivity contribution is 5.66. The van der Waals surface area contributed by atoms with Crippen LogP contribution in [0.3, 0.4) is 0 Å². The Labute approximate surface area is 173 Å². The van der Waals surface area contributed by atoms with E-state index in [1.165, 1.54) is 12.5 Å². The van der Waals surface area contributed by atoms with Crippen molar-refractivity contribution in [1.82, 2.24) is 5.32 Å². The molecule has 4 aliphatic carbocycles. The van der Waals surface area contributed by atoms with Crippen molar-refractivity contribution < 1.29 is 24.1 Å². The Morgan fingerprint density at radius 2 is 2.00 bits per heavy atom. The van der Waals surface area contributed by atoms with E-state index in [0.29, 0.717) is 25.2 Å². The van der Waals surface area contributed by atoms with Crippen LogP contribution >= 0.6 is 0 Å². The molecule has 4 rings (SSSR count). The van der Waals surface area contributed by atoms with Crippen molar-refractivity contribution in [2.45, 2.75) is 82.8 Å². The number of carbonyl (C=O) groups excluding carboxylic acids is 1. The minimum atomic E-state index is -1.24. The largest absolute Gasteiger partial charge is 0.459 e. The zero-order chi connectivity index (χ0) is 21.4. The highest BCUT2D eigenvalue weighted by Crippen LogP contribution is 2.60. The molecule has 164 valence electrons. The van der Waals surface area contributed by atoms with Gasteiger partial charge in [-0.25, -0.2) is 4.39 Å². The standard InChI is InChI=1S/C21H29FO4.C2H7N/c1-12(23)26-19-17(22)11-18-20(19,2)7-6-15-9-14-10-16(24)4-3-13(14)5-8-21(15,18)25;1-3-2/h6,9,13,16-19,24-25H,3-5,7-8,10-11H2,1-2H3;3H,1-2H3/t13?,16?,17?,18?,19?,20?,21-;/m1./s1. The first-order valence-corrected chi connectivity index (χ1v) is 10.9. The molecule has 0 saturated heterocycles. The van der Waals surface area contributed by atoms with E-state index in [9.17, 15) is 19.4 Å². The van der Waals surface area contributed by atoms with Gasteiger partial charge in [0.05, 0.1) is 11.7 Å². The second-order valence-corrected chi connectivity index (χ2v) is 9.52. The van der Waals surface area contributed by atoms with E-state index >= 15 is 0 Å². The normalized spacial score (nSPS) is 43.3. The minimum Gasteiger partial charge on any atom is -0.459 e. The summed E-state index contributed by atoms with van der Waals surface area (Å²) in [4.78, 5) is 11.5. The number of esters is 1. The third-order valence-electron chi connectivity index (χ3n) is 7.43. The van der Waals surface area contributed by atoms with Crippen LogP contribution in [0.15, 0.2) is 23.3 Å². The Balaban J connectivity index is 0.000000755. The van der Waals surface area contributed by atoms with Crippen molar-refractivity contribution in [2.24, 2.45) is 17.3 Å². The molecule has 2 saturated carbocycles. The molecular weight excluding hydrogens is 373 g/mol. The lowest BCUT2D eigenvalue weighted by molar-refractivity contribution is -0.159. The average molecular weight is 410 g/mol. The fraction of sp³-hybridized carbons (Fsp3) is 0.783. The lowest BCUT2D eigenvalue weighted by atomic mass is 9.60. The van der Waals surface area contributed by atoms with E-state index < -0.39 is 29.3 Å². The third kappa shape index (κ3) is 4.04. The Morgan fingerprint density at radius 1 is 1.31 bits per heavy atom. The van der Waals surface area contributed by atoms with Crippen LogP contribution in [0, 0.1) is 17.3 Å². The quantitative estimate of drug-likeness (QED) is 0.580. The number of aliphatic hydroxyl groups excluding tert-OH is 1. The van der Waals surface area contributed by atoms with Crippen LogP contribution in [0.5, 0.6) is 0 Å². The predicted molar refractivity (Wildman–Crippen MR) is 110 cm³/mol. The van der Waals surface area contributed by atoms with Gasteiger partial charge in [0.1, 0.15) is 12.3 Å². The van der Waals surface area contributed by atoms with E-state index in [1.807, 2.05) is 27.1 Å². The summed E-state index contributed by atoms with van der Waals surface area (Å²) in [6.07, 6.45) is 6.43. The first-order valence-electron chi connectivity index (χ1n) is 10.9. The molecule has 0 aromatic carbocycles. The van der Waals surface area contributed by atoms with Gasteiger partial charge in [-0.2, -0.15) is 0 Å². The highest BCUT2D eigenvalue weighted by Gasteiger charge is 2.63. The van der Waals surface area contributed by atoms with Crippen molar-refractivity contribution in [3.8, 4) is 0 Å². The summed E-state index contributed by atoms with van der Waals surface area (Å²) < 4.78 is 20.2. The number of hydrogen-bond acceptors (Lipinski definition) is 5. The van der Waals surface area contributed by atoms with Gasteiger partial charge in [0.15, 0.2) is 0 Å². The summed E-state index contributed by atoms with van der Waals surface area (Å²) >= 11 is 0. The second-order valence-electron chi connectivity index (χ2n) is 9.52. The fourth-order valence-electron chi connectivity index (χ4n) is 6.05. The van der Waals surface area contributed by atoms with Gasteiger partial charge >= 0.3 is 5.97 Å². The smallest absolute Gasteiger partial charge is 0.303 e. The molecule has 7 atom stereocenters. The Morgan fingerprint density at radius 3 is 2.66 bits per heavy atom. The number of carbonyl (C=O) groups is 1. The molecule has 3 N–H and O–H groups in total. The number of alkyl halides is 1. The second kappa shape index (κ2) is 8.48. The first kappa shape index (κ1) is 22.4. The molecule has 0 heterocycles. The van der Waals surface area contributed by atoms with Gasteiger partial charge in [0, 0.05) is 18.3 Å². The number of rotatable bonds is 1. The molecule has 0 aromatic rings. The van der Waals surface area contributed by atoms with Crippen LogP contribution in [0.4, 0.5) is 4.39 Å². The molecule has 6 heteroatoms. The van der Waals surface area contributed by atoms with Crippen LogP contribution < -0.4 is 5.32 Å². The topological polar surface area (TPSA) is 78.8 Å². The van der Waals surface area contributed by atoms with Gasteiger partial charge in [-0.05, 0) is 70.5 Å². The Hall–Kier alpha value is -1.24. The van der Waals surface area contributed by atoms with E-state index in [2.05, 4.69) is 11.4 Å². The fourth-order valence-corrected chi connectivity index (χ4v) is 6.05. The van der Waals surface area contributed by atoms with E-state index in [-0.39, 0.29) is 18.4 Å². The van der Waals surface area contributed by atoms with Crippen molar-refractivity contribution in [3.63, 3.8) is 0 Å². The van der Waals surface area contributed by atoms with Gasteiger partial charge in [-0.1, -0.05) is 24.6 Å². The van der Waals surface area contributed by atoms with Crippen LogP contribution in [0.25, 0.3) is 0 Å². The summed E-state index contributed by atoms with van der Waals surface area (Å²) in [6.45, 7) is 3.26. The summed E-state index contributed by atoms with van der Waals surface area (Å²) in [5.74, 6) is -0.340. The van der Waals surface area contributed by atoms with E-state index in [4.69, 9.17) is 4.74 Å². The summed E-state index contributed by atoms with van der Waals surface area (Å²) in [6, 6.07) is 0. The molecule has 4 aliphatic rings. The van der Waals surface area contributed by atoms with E-state index in [0.717, 1.165) is 24.8 Å². The molecule has 0 aliphatic heterocycles. The van der Waals surface area contributed by atoms with Crippen LogP contribution in [-0.2, 0) is 9.53 Å². The molecule has 2 fully saturated rings. The number of fused-ring (bicyclic) bond motifs is 4. The summed E-state index contributed by atoms with van der Waals surface area (Å²) in [5.41, 5.74) is 0.432. The van der Waals surface area contributed by atoms with Gasteiger partial charge in [-0.15, -0.1) is 0 Å². The number of allylic oxidation sites excluding steroid dienone is 1. The van der Waals surface area contributed by atoms with Crippen molar-refractivity contribution in [1.29, 1.82) is 0 Å². The number of nitrogens with one attached hydrogen (secondary N) is 1. The zero-order valence-corrected chi connectivity index (χ0v) is 18.1. The Bertz CT molecular complexity index is 692. The maximum absolute atomic E-state index is 14.8. The lowest BCUT2D eigenvalue weighted by Crippen LogP contribution is -2.51. The zero-order valence-electron chi connectivity index (χ0n) is 18.1.